The molecule has 0 spiro atoms. The molecule has 0 unspecified atom stereocenters. The van der Waals surface area contributed by atoms with Crippen LogP contribution in [0.4, 0.5) is 24.7 Å². The van der Waals surface area contributed by atoms with Crippen molar-refractivity contribution in [3.63, 3.8) is 0 Å². The topological polar surface area (TPSA) is 150 Å². The number of aliphatic hydroxyl groups excluding tert-OH is 1. The second-order valence-electron chi connectivity index (χ2n) is 9.40. The van der Waals surface area contributed by atoms with Gasteiger partial charge in [0, 0.05) is 36.1 Å². The maximum atomic E-state index is 13.5. The number of fused-ring (bicyclic) bond motifs is 1. The lowest BCUT2D eigenvalue weighted by Crippen LogP contribution is -2.21. The molecule has 0 saturated carbocycles. The summed E-state index contributed by atoms with van der Waals surface area (Å²) < 4.78 is 75.0. The van der Waals surface area contributed by atoms with Gasteiger partial charge in [-0.2, -0.15) is 19.0 Å². The van der Waals surface area contributed by atoms with Gasteiger partial charge in [-0.1, -0.05) is 18.2 Å². The van der Waals surface area contributed by atoms with E-state index in [4.69, 9.17) is 10.5 Å². The van der Waals surface area contributed by atoms with Gasteiger partial charge in [0.25, 0.3) is 10.0 Å². The van der Waals surface area contributed by atoms with Crippen LogP contribution in [0.3, 0.4) is 0 Å². The number of ether oxygens (including phenoxy) is 1. The Morgan fingerprint density at radius 2 is 1.86 bits per heavy atom. The van der Waals surface area contributed by atoms with Crippen LogP contribution < -0.4 is 15.2 Å². The Balaban J connectivity index is 1.62. The molecule has 42 heavy (non-hydrogen) atoms. The van der Waals surface area contributed by atoms with Crippen molar-refractivity contribution in [2.75, 3.05) is 17.1 Å². The molecule has 220 valence electrons. The summed E-state index contributed by atoms with van der Waals surface area (Å²) in [5, 5.41) is 18.6. The van der Waals surface area contributed by atoms with E-state index in [2.05, 4.69) is 15.2 Å². The molecule has 1 atom stereocenters. The van der Waals surface area contributed by atoms with E-state index in [9.17, 15) is 26.7 Å². The van der Waals surface area contributed by atoms with Gasteiger partial charge in [0.1, 0.15) is 29.2 Å². The van der Waals surface area contributed by atoms with E-state index in [1.54, 1.807) is 41.9 Å². The number of benzene rings is 2. The van der Waals surface area contributed by atoms with Crippen molar-refractivity contribution in [2.45, 2.75) is 25.3 Å². The van der Waals surface area contributed by atoms with Crippen molar-refractivity contribution in [2.24, 2.45) is 7.05 Å². The first-order valence-electron chi connectivity index (χ1n) is 12.6. The zero-order chi connectivity index (χ0) is 30.2. The first kappa shape index (κ1) is 28.9. The number of alkyl halides is 2. The molecule has 0 radical (unpaired) electrons. The molecule has 11 nitrogen and oxygen atoms in total. The Labute approximate surface area is 238 Å². The van der Waals surface area contributed by atoms with E-state index in [0.29, 0.717) is 45.4 Å². The maximum absolute atomic E-state index is 13.5. The van der Waals surface area contributed by atoms with Crippen LogP contribution in [-0.4, -0.2) is 50.4 Å². The monoisotopic (exact) mass is 601 g/mol. The minimum absolute atomic E-state index is 0.0691. The summed E-state index contributed by atoms with van der Waals surface area (Å²) in [5.74, 6) is -4.03. The third-order valence-electron chi connectivity index (χ3n) is 6.55. The number of rotatable bonds is 10. The van der Waals surface area contributed by atoms with Gasteiger partial charge in [-0.25, -0.2) is 17.8 Å². The number of nitrogens with one attached hydrogen (secondary N) is 1. The van der Waals surface area contributed by atoms with Crippen molar-refractivity contribution in [3.05, 3.63) is 72.4 Å². The molecule has 5 rings (SSSR count). The van der Waals surface area contributed by atoms with Gasteiger partial charge in [0.05, 0.1) is 35.9 Å². The van der Waals surface area contributed by atoms with E-state index < -0.39 is 27.7 Å². The average molecular weight is 602 g/mol. The van der Waals surface area contributed by atoms with Crippen LogP contribution >= 0.6 is 0 Å². The number of aryl methyl sites for hydroxylation is 1. The fourth-order valence-corrected chi connectivity index (χ4v) is 5.08. The van der Waals surface area contributed by atoms with Gasteiger partial charge < -0.3 is 15.6 Å². The van der Waals surface area contributed by atoms with E-state index in [1.165, 1.54) is 42.5 Å². The van der Waals surface area contributed by atoms with Gasteiger partial charge in [0.15, 0.2) is 0 Å². The Kier molecular flexibility index (Phi) is 7.79. The van der Waals surface area contributed by atoms with Crippen LogP contribution in [0.25, 0.3) is 33.3 Å². The lowest BCUT2D eigenvalue weighted by Gasteiger charge is -2.19. The van der Waals surface area contributed by atoms with E-state index in [1.807, 2.05) is 4.72 Å². The summed E-state index contributed by atoms with van der Waals surface area (Å²) in [5.41, 5.74) is 9.47. The molecule has 5 aromatic rings. The minimum atomic E-state index is -5.02. The Morgan fingerprint density at radius 3 is 2.55 bits per heavy atom. The summed E-state index contributed by atoms with van der Waals surface area (Å²) in [6, 6.07) is 9.71. The molecule has 0 amide bonds. The van der Waals surface area contributed by atoms with Crippen molar-refractivity contribution in [1.29, 1.82) is 0 Å². The van der Waals surface area contributed by atoms with Crippen LogP contribution in [0.2, 0.25) is 0 Å². The summed E-state index contributed by atoms with van der Waals surface area (Å²) in [6.07, 6.45) is 4.25. The highest BCUT2D eigenvalue weighted by Crippen LogP contribution is 2.40. The predicted octanol–water partition coefficient (Wildman–Crippen LogP) is 4.32. The number of nitrogens with zero attached hydrogens (tertiary/aromatic N) is 5. The van der Waals surface area contributed by atoms with Gasteiger partial charge in [-0.15, -0.1) is 0 Å². The molecule has 15 heteroatoms. The lowest BCUT2D eigenvalue weighted by molar-refractivity contribution is 0.228. The summed E-state index contributed by atoms with van der Waals surface area (Å²) in [4.78, 5) is 4.34. The average Bonchev–Trinajstić information content (AvgIpc) is 3.55. The van der Waals surface area contributed by atoms with Crippen LogP contribution in [0, 0.1) is 5.82 Å². The standard InChI is InChI=1S/C27H26F3N7O4S/c1-15(16-3-6-19(28)7-4-16)41-22-11-17(5-8-21(22)35-42(39,40)27(29)30)24-23-25(36(2)34-24)20(13-32-26(23)31)18-12-33-37(14-18)9-10-38/h3-8,11-15,27,35,38H,9-10H2,1-2H3,(H2,31,32)/t15-/m0/s1. The van der Waals surface area contributed by atoms with E-state index in [-0.39, 0.29) is 23.9 Å². The highest BCUT2D eigenvalue weighted by Gasteiger charge is 2.27. The summed E-state index contributed by atoms with van der Waals surface area (Å²) in [7, 11) is -3.30. The van der Waals surface area contributed by atoms with Crippen molar-refractivity contribution in [3.8, 4) is 28.1 Å². The largest absolute Gasteiger partial charge is 0.484 e. The third-order valence-corrected chi connectivity index (χ3v) is 7.52. The smallest absolute Gasteiger partial charge is 0.355 e. The number of hydrogen-bond donors (Lipinski definition) is 3. The molecular weight excluding hydrogens is 575 g/mol. The zero-order valence-corrected chi connectivity index (χ0v) is 23.2. The van der Waals surface area contributed by atoms with Crippen molar-refractivity contribution in [1.82, 2.24) is 24.5 Å². The minimum Gasteiger partial charge on any atom is -0.484 e. The first-order chi connectivity index (χ1) is 20.0. The van der Waals surface area contributed by atoms with Gasteiger partial charge in [-0.05, 0) is 36.8 Å². The van der Waals surface area contributed by atoms with Crippen molar-refractivity contribution >= 4 is 32.4 Å². The van der Waals surface area contributed by atoms with Crippen LogP contribution in [0.15, 0.2) is 61.1 Å². The van der Waals surface area contributed by atoms with E-state index in [0.717, 1.165) is 0 Å². The first-order valence-corrected chi connectivity index (χ1v) is 14.1. The molecule has 3 heterocycles. The fraction of sp³-hybridized carbons (Fsp3) is 0.222. The van der Waals surface area contributed by atoms with Gasteiger partial charge >= 0.3 is 5.76 Å². The molecule has 0 fully saturated rings. The number of anilines is 2. The normalized spacial score (nSPS) is 12.6. The highest BCUT2D eigenvalue weighted by molar-refractivity contribution is 7.93. The maximum Gasteiger partial charge on any atom is 0.355 e. The Hall–Kier alpha value is -4.63. The van der Waals surface area contributed by atoms with Crippen LogP contribution in [0.1, 0.15) is 18.6 Å². The number of aromatic nitrogens is 5. The molecule has 4 N–H and O–H groups in total. The van der Waals surface area contributed by atoms with E-state index >= 15 is 0 Å². The number of nitrogen functional groups attached to an aromatic ring is 1. The van der Waals surface area contributed by atoms with Gasteiger partial charge in [0.2, 0.25) is 0 Å². The number of halogens is 3. The quantitative estimate of drug-likeness (QED) is 0.214. The fourth-order valence-electron chi connectivity index (χ4n) is 4.52. The van der Waals surface area contributed by atoms with Gasteiger partial charge in [-0.3, -0.25) is 14.1 Å². The predicted molar refractivity (Wildman–Crippen MR) is 151 cm³/mol. The highest BCUT2D eigenvalue weighted by atomic mass is 32.2. The second kappa shape index (κ2) is 11.3. The molecule has 0 saturated heterocycles. The molecule has 2 aromatic carbocycles. The molecule has 3 aromatic heterocycles. The summed E-state index contributed by atoms with van der Waals surface area (Å²) >= 11 is 0. The molecule has 0 bridgehead atoms. The number of pyridine rings is 1. The second-order valence-corrected chi connectivity index (χ2v) is 11.0. The number of aliphatic hydroxyl groups is 1. The third kappa shape index (κ3) is 5.60. The van der Waals surface area contributed by atoms with Crippen LogP contribution in [-0.2, 0) is 23.6 Å². The lowest BCUT2D eigenvalue weighted by atomic mass is 10.0. The Bertz CT molecular complexity index is 1860. The zero-order valence-electron chi connectivity index (χ0n) is 22.4. The molecule has 0 aliphatic carbocycles. The molecular formula is C27H26F3N7O4S. The van der Waals surface area contributed by atoms with Crippen LogP contribution in [0.5, 0.6) is 5.75 Å². The SMILES string of the molecule is C[C@H](Oc1cc(-c2nn(C)c3c(-c4cnn(CCO)c4)cnc(N)c23)ccc1NS(=O)(=O)C(F)F)c1ccc(F)cc1. The summed E-state index contributed by atoms with van der Waals surface area (Å²) in [6.45, 7) is 1.87. The molecule has 0 aliphatic heterocycles. The van der Waals surface area contributed by atoms with Crippen molar-refractivity contribution < 1.29 is 31.4 Å². The molecule has 0 aliphatic rings. The number of nitrogens with two attached hydrogens (primary N) is 1. The number of sulfonamides is 1. The Morgan fingerprint density at radius 1 is 1.12 bits per heavy atom. The number of hydrogen-bond acceptors (Lipinski definition) is 8.